The van der Waals surface area contributed by atoms with Gasteiger partial charge in [-0.1, -0.05) is 18.7 Å². The summed E-state index contributed by atoms with van der Waals surface area (Å²) in [5.74, 6) is -3.18. The lowest BCUT2D eigenvalue weighted by molar-refractivity contribution is -0.126. The average molecular weight is 922 g/mol. The van der Waals surface area contributed by atoms with Crippen LogP contribution in [0.3, 0.4) is 0 Å². The van der Waals surface area contributed by atoms with E-state index >= 15 is 8.78 Å². The first kappa shape index (κ1) is 43.6. The molecule has 2 atom stereocenters. The molecule has 18 heteroatoms. The van der Waals surface area contributed by atoms with Crippen LogP contribution in [0.1, 0.15) is 63.9 Å². The molecule has 10 rings (SSSR count). The van der Waals surface area contributed by atoms with Crippen molar-refractivity contribution in [3.05, 3.63) is 119 Å². The van der Waals surface area contributed by atoms with Gasteiger partial charge in [0, 0.05) is 117 Å². The summed E-state index contributed by atoms with van der Waals surface area (Å²) >= 11 is 0. The number of halogens is 3. The summed E-state index contributed by atoms with van der Waals surface area (Å²) in [6.45, 7) is 10.4. The first-order chi connectivity index (χ1) is 31.8. The van der Waals surface area contributed by atoms with Crippen LogP contribution in [-0.4, -0.2) is 121 Å². The fraction of sp³-hybridized carbons (Fsp3) is 0.375. The van der Waals surface area contributed by atoms with E-state index in [1.54, 1.807) is 17.2 Å². The number of nitrogens with one attached hydrogen (secondary N) is 3. The average Bonchev–Trinajstić information content (AvgIpc) is 4.04. The van der Waals surface area contributed by atoms with Gasteiger partial charge in [0.2, 0.25) is 11.7 Å². The molecule has 0 radical (unpaired) electrons. The number of benzene rings is 3. The van der Waals surface area contributed by atoms with Crippen molar-refractivity contribution in [2.24, 2.45) is 5.92 Å². The molecule has 0 bridgehead atoms. The number of aromatic amines is 1. The smallest absolute Gasteiger partial charge is 0.301 e. The fourth-order valence-corrected chi connectivity index (χ4v) is 11.3. The van der Waals surface area contributed by atoms with E-state index in [0.717, 1.165) is 97.6 Å². The molecule has 3 aromatic carbocycles. The van der Waals surface area contributed by atoms with Gasteiger partial charge in [-0.25, -0.2) is 18.2 Å². The molecule has 2 amide bonds. The molecular weight excluding hydrogens is 872 g/mol. The number of piperazine rings is 1. The molecule has 4 saturated heterocycles. The number of anilines is 3. The number of H-pyrrole nitrogens is 1. The van der Waals surface area contributed by atoms with Crippen LogP contribution in [0, 0.1) is 17.6 Å². The highest BCUT2D eigenvalue weighted by Gasteiger charge is 2.39. The van der Waals surface area contributed by atoms with Crippen LogP contribution in [0.15, 0.2) is 85.3 Å². The van der Waals surface area contributed by atoms with Crippen LogP contribution in [0.2, 0.25) is 0 Å². The third-order valence-corrected chi connectivity index (χ3v) is 15.3. The lowest BCUT2D eigenvalue weighted by atomic mass is 9.95. The van der Waals surface area contributed by atoms with Crippen molar-refractivity contribution in [3.8, 4) is 11.1 Å². The van der Waals surface area contributed by atoms with E-state index in [1.807, 2.05) is 29.0 Å². The number of fused-ring (bicyclic) bond motifs is 2. The topological polar surface area (TPSA) is 154 Å². The fourth-order valence-electron chi connectivity index (χ4n) is 10.1. The number of aromatic nitrogens is 2. The zero-order valence-corrected chi connectivity index (χ0v) is 37.1. The Morgan fingerprint density at radius 3 is 2.33 bits per heavy atom. The van der Waals surface area contributed by atoms with E-state index in [2.05, 4.69) is 54.8 Å². The molecule has 7 heterocycles. The van der Waals surface area contributed by atoms with Crippen LogP contribution < -0.4 is 19.8 Å². The van der Waals surface area contributed by atoms with Crippen molar-refractivity contribution in [3.63, 3.8) is 0 Å². The minimum atomic E-state index is -4.35. The quantitative estimate of drug-likeness (QED) is 0.131. The minimum absolute atomic E-state index is 0.00652. The second-order valence-corrected chi connectivity index (χ2v) is 19.6. The van der Waals surface area contributed by atoms with Gasteiger partial charge in [0.05, 0.1) is 11.3 Å². The SMILES string of the molecule is C=C1CCC(N2Cc3cc(N4CCC(CN5CCN(c6ccc(-c7cnc8[nH]cc(C(=O)c9c(F)ccc(NS(=O)(=O)N%10CC[C@@H](F)C%10)c9F)c8c7)cc6)CC5)CC4)ccc3C2=O)C(=O)N1. The lowest BCUT2D eigenvalue weighted by Crippen LogP contribution is -2.49. The molecular formula is C48H50F3N9O5S. The summed E-state index contributed by atoms with van der Waals surface area (Å²) in [5.41, 5.74) is 4.83. The number of allylic oxidation sites excluding steroid dienone is 1. The number of carbonyl (C=O) groups is 3. The van der Waals surface area contributed by atoms with Gasteiger partial charge in [0.1, 0.15) is 23.7 Å². The number of rotatable bonds is 11. The third kappa shape index (κ3) is 8.41. The zero-order chi connectivity index (χ0) is 45.9. The maximum absolute atomic E-state index is 15.8. The van der Waals surface area contributed by atoms with Crippen LogP contribution in [-0.2, 0) is 21.5 Å². The Kier molecular flexibility index (Phi) is 11.6. The second kappa shape index (κ2) is 17.5. The van der Waals surface area contributed by atoms with Crippen LogP contribution in [0.4, 0.5) is 30.2 Å². The van der Waals surface area contributed by atoms with Crippen molar-refractivity contribution >= 4 is 55.9 Å². The molecule has 344 valence electrons. The molecule has 5 aliphatic rings. The van der Waals surface area contributed by atoms with Gasteiger partial charge in [-0.15, -0.1) is 0 Å². The van der Waals surface area contributed by atoms with Crippen molar-refractivity contribution in [1.29, 1.82) is 0 Å². The van der Waals surface area contributed by atoms with Crippen molar-refractivity contribution < 1.29 is 36.0 Å². The predicted octanol–water partition coefficient (Wildman–Crippen LogP) is 6.23. The minimum Gasteiger partial charge on any atom is -0.372 e. The Hall–Kier alpha value is -6.24. The monoisotopic (exact) mass is 921 g/mol. The standard InChI is InChI=1S/C48H50F3N9O5S/c1-29-2-11-42(47(62)54-29)60-27-33-22-36(7-8-37(33)48(60)63)57-15-12-30(13-16-57)26-56-18-20-58(21-19-56)35-5-3-31(4-6-35)32-23-38-39(25-53-46(38)52-24-32)45(61)43-40(50)9-10-41(44(43)51)55-66(64,65)59-17-14-34(49)28-59/h3-10,22-25,30,34,42,55H,1-2,11-21,26-28H2,(H,52,53)(H,54,62)/t34-,42?/m1/s1. The number of ketones is 1. The molecule has 2 aromatic heterocycles. The summed E-state index contributed by atoms with van der Waals surface area (Å²) in [5, 5.41) is 3.15. The van der Waals surface area contributed by atoms with E-state index in [4.69, 9.17) is 0 Å². The Morgan fingerprint density at radius 1 is 0.864 bits per heavy atom. The summed E-state index contributed by atoms with van der Waals surface area (Å²) in [4.78, 5) is 56.0. The zero-order valence-electron chi connectivity index (χ0n) is 36.2. The number of amides is 2. The Morgan fingerprint density at radius 2 is 1.61 bits per heavy atom. The predicted molar refractivity (Wildman–Crippen MR) is 245 cm³/mol. The molecule has 5 aliphatic heterocycles. The van der Waals surface area contributed by atoms with Gasteiger partial charge >= 0.3 is 10.2 Å². The number of nitrogens with zero attached hydrogens (tertiary/aromatic N) is 6. The molecule has 4 fully saturated rings. The van der Waals surface area contributed by atoms with E-state index in [9.17, 15) is 27.2 Å². The molecule has 0 spiro atoms. The van der Waals surface area contributed by atoms with Crippen LogP contribution in [0.25, 0.3) is 22.2 Å². The molecule has 0 saturated carbocycles. The Balaban J connectivity index is 0.730. The van der Waals surface area contributed by atoms with E-state index < -0.39 is 51.1 Å². The van der Waals surface area contributed by atoms with Gasteiger partial charge < -0.3 is 25.0 Å². The maximum Gasteiger partial charge on any atom is 0.301 e. The summed E-state index contributed by atoms with van der Waals surface area (Å²) in [6, 6.07) is 17.1. The number of pyridine rings is 1. The largest absolute Gasteiger partial charge is 0.372 e. The second-order valence-electron chi connectivity index (χ2n) is 18.0. The van der Waals surface area contributed by atoms with Crippen molar-refractivity contribution in [2.45, 2.75) is 50.9 Å². The highest BCUT2D eigenvalue weighted by atomic mass is 32.2. The first-order valence-electron chi connectivity index (χ1n) is 22.5. The van der Waals surface area contributed by atoms with E-state index in [-0.39, 0.29) is 36.9 Å². The normalized spacial score (nSPS) is 21.2. The van der Waals surface area contributed by atoms with Gasteiger partial charge in [0.25, 0.3) is 5.91 Å². The summed E-state index contributed by atoms with van der Waals surface area (Å²) in [6.07, 6.45) is 5.07. The summed E-state index contributed by atoms with van der Waals surface area (Å²) in [7, 11) is -4.35. The molecule has 1 unspecified atom stereocenters. The first-order valence-corrected chi connectivity index (χ1v) is 23.9. The van der Waals surface area contributed by atoms with Gasteiger partial charge in [-0.05, 0) is 97.7 Å². The highest BCUT2D eigenvalue weighted by Crippen LogP contribution is 2.35. The Labute approximate surface area is 380 Å². The maximum atomic E-state index is 15.8. The van der Waals surface area contributed by atoms with Gasteiger partial charge in [-0.3, -0.25) is 24.0 Å². The Bertz CT molecular complexity index is 2860. The van der Waals surface area contributed by atoms with E-state index in [0.29, 0.717) is 53.2 Å². The number of hydrogen-bond acceptors (Lipinski definition) is 9. The number of hydrogen-bond donors (Lipinski definition) is 3. The van der Waals surface area contributed by atoms with Crippen molar-refractivity contribution in [2.75, 3.05) is 73.4 Å². The highest BCUT2D eigenvalue weighted by molar-refractivity contribution is 7.90. The van der Waals surface area contributed by atoms with Crippen LogP contribution in [0.5, 0.6) is 0 Å². The van der Waals surface area contributed by atoms with Crippen LogP contribution >= 0.6 is 0 Å². The lowest BCUT2D eigenvalue weighted by Gasteiger charge is -2.40. The van der Waals surface area contributed by atoms with Gasteiger partial charge in [-0.2, -0.15) is 12.7 Å². The molecule has 3 N–H and O–H groups in total. The number of alkyl halides is 1. The van der Waals surface area contributed by atoms with Crippen molar-refractivity contribution in [1.82, 2.24) is 29.4 Å². The molecule has 14 nitrogen and oxygen atoms in total. The number of piperidine rings is 2. The third-order valence-electron chi connectivity index (χ3n) is 13.8. The van der Waals surface area contributed by atoms with E-state index in [1.165, 1.54) is 6.20 Å². The molecule has 5 aromatic rings. The summed E-state index contributed by atoms with van der Waals surface area (Å²) < 4.78 is 73.1. The molecule has 0 aliphatic carbocycles. The number of carbonyl (C=O) groups excluding carboxylic acids is 3. The van der Waals surface area contributed by atoms with Gasteiger partial charge in [0.15, 0.2) is 5.82 Å². The molecule has 66 heavy (non-hydrogen) atoms.